The molecule has 0 atom stereocenters. The summed E-state index contributed by atoms with van der Waals surface area (Å²) in [7, 11) is 3.45. The van der Waals surface area contributed by atoms with E-state index < -0.39 is 6.36 Å². The second-order valence-electron chi connectivity index (χ2n) is 9.75. The lowest BCUT2D eigenvalue weighted by atomic mass is 10.2. The average Bonchev–Trinajstić information content (AvgIpc) is 3.51. The highest BCUT2D eigenvalue weighted by Gasteiger charge is 2.31. The number of anilines is 1. The summed E-state index contributed by atoms with van der Waals surface area (Å²) in [4.78, 5) is 24.8. The lowest BCUT2D eigenvalue weighted by Crippen LogP contribution is -2.29. The number of likely N-dealkylation sites (tertiary alicyclic amines) is 1. The zero-order valence-electron chi connectivity index (χ0n) is 23.3. The molecule has 3 heterocycles. The molecule has 12 heteroatoms. The Morgan fingerprint density at radius 3 is 2.56 bits per heavy atom. The van der Waals surface area contributed by atoms with Crippen molar-refractivity contribution in [3.05, 3.63) is 77.8 Å². The molecule has 0 radical (unpaired) electrons. The number of carbonyl (C=O) groups is 1. The quantitative estimate of drug-likeness (QED) is 0.237. The Labute approximate surface area is 236 Å². The van der Waals surface area contributed by atoms with Crippen LogP contribution in [0, 0.1) is 6.92 Å². The fraction of sp³-hybridized carbons (Fsp3) is 0.379. The van der Waals surface area contributed by atoms with Crippen LogP contribution in [0.4, 0.5) is 19.0 Å². The average molecular weight is 571 g/mol. The molecular weight excluding hydrogens is 537 g/mol. The molecule has 3 aromatic rings. The van der Waals surface area contributed by atoms with Crippen LogP contribution in [0.1, 0.15) is 41.8 Å². The Morgan fingerprint density at radius 2 is 1.95 bits per heavy atom. The zero-order valence-corrected chi connectivity index (χ0v) is 23.3. The van der Waals surface area contributed by atoms with Gasteiger partial charge in [0.25, 0.3) is 0 Å². The number of aliphatic imine (C=N–C) groups is 1. The number of nitrogens with zero attached hydrogens (tertiary/aromatic N) is 6. The Balaban J connectivity index is 1.36. The van der Waals surface area contributed by atoms with Crippen LogP contribution in [0.15, 0.2) is 60.2 Å². The standard InChI is InChI=1S/C29H33F3N6O3/c1-20-17-25(28(40-4)34-21(2)23-9-11-24(12-10-23)41-29(30,31)32)35-38(20)19-22-8-13-26(33-18-22)36(3)14-6-16-37-15-5-7-27(37)39/h8-13,17-18H,2,5-7,14-16,19H2,1,3-4H3. The molecule has 0 N–H and O–H groups in total. The van der Waals surface area contributed by atoms with Gasteiger partial charge in [0, 0.05) is 45.0 Å². The van der Waals surface area contributed by atoms with Gasteiger partial charge in [0.1, 0.15) is 17.3 Å². The zero-order chi connectivity index (χ0) is 29.6. The van der Waals surface area contributed by atoms with Gasteiger partial charge in [0.05, 0.1) is 19.4 Å². The van der Waals surface area contributed by atoms with E-state index in [1.807, 2.05) is 47.9 Å². The smallest absolute Gasteiger partial charge is 0.479 e. The van der Waals surface area contributed by atoms with Crippen molar-refractivity contribution in [2.24, 2.45) is 4.99 Å². The molecule has 0 saturated carbocycles. The highest BCUT2D eigenvalue weighted by atomic mass is 19.4. The molecule has 1 amide bonds. The van der Waals surface area contributed by atoms with E-state index in [1.54, 1.807) is 0 Å². The Bertz CT molecular complexity index is 1380. The monoisotopic (exact) mass is 570 g/mol. The number of benzene rings is 1. The number of amides is 1. The van der Waals surface area contributed by atoms with Crippen molar-refractivity contribution in [2.75, 3.05) is 38.7 Å². The molecular formula is C29H33F3N6O3. The van der Waals surface area contributed by atoms with Crippen molar-refractivity contribution in [3.8, 4) is 5.75 Å². The molecule has 0 bridgehead atoms. The first-order chi connectivity index (χ1) is 19.5. The second-order valence-corrected chi connectivity index (χ2v) is 9.75. The van der Waals surface area contributed by atoms with E-state index in [-0.39, 0.29) is 17.6 Å². The van der Waals surface area contributed by atoms with Crippen LogP contribution in [0.25, 0.3) is 5.70 Å². The first-order valence-corrected chi connectivity index (χ1v) is 13.2. The van der Waals surface area contributed by atoms with Crippen molar-refractivity contribution in [3.63, 3.8) is 0 Å². The fourth-order valence-corrected chi connectivity index (χ4v) is 4.48. The van der Waals surface area contributed by atoms with Crippen LogP contribution in [-0.2, 0) is 16.1 Å². The van der Waals surface area contributed by atoms with Crippen LogP contribution in [0.3, 0.4) is 0 Å². The topological polar surface area (TPSA) is 85.1 Å². The highest BCUT2D eigenvalue weighted by Crippen LogP contribution is 2.25. The maximum absolute atomic E-state index is 12.4. The molecule has 0 spiro atoms. The third kappa shape index (κ3) is 8.09. The van der Waals surface area contributed by atoms with Crippen molar-refractivity contribution in [2.45, 2.75) is 39.1 Å². The van der Waals surface area contributed by atoms with Crippen molar-refractivity contribution in [1.29, 1.82) is 0 Å². The molecule has 1 fully saturated rings. The van der Waals surface area contributed by atoms with Crippen LogP contribution in [0.2, 0.25) is 0 Å². The lowest BCUT2D eigenvalue weighted by molar-refractivity contribution is -0.274. The minimum atomic E-state index is -4.76. The number of aryl methyl sites for hydroxylation is 1. The van der Waals surface area contributed by atoms with Crippen molar-refractivity contribution >= 4 is 23.3 Å². The van der Waals surface area contributed by atoms with Gasteiger partial charge in [-0.05, 0) is 67.3 Å². The summed E-state index contributed by atoms with van der Waals surface area (Å²) >= 11 is 0. The van der Waals surface area contributed by atoms with Gasteiger partial charge < -0.3 is 19.3 Å². The van der Waals surface area contributed by atoms with Crippen molar-refractivity contribution in [1.82, 2.24) is 19.7 Å². The second kappa shape index (κ2) is 12.9. The number of methoxy groups -OCH3 is 1. The molecule has 1 saturated heterocycles. The van der Waals surface area contributed by atoms with Gasteiger partial charge >= 0.3 is 6.36 Å². The number of hydrogen-bond donors (Lipinski definition) is 0. The number of rotatable bonds is 11. The summed E-state index contributed by atoms with van der Waals surface area (Å²) in [5.74, 6) is 0.987. The number of aromatic nitrogens is 3. The van der Waals surface area contributed by atoms with E-state index in [9.17, 15) is 18.0 Å². The van der Waals surface area contributed by atoms with Crippen LogP contribution >= 0.6 is 0 Å². The summed E-state index contributed by atoms with van der Waals surface area (Å²) in [6.45, 7) is 8.73. The number of carbonyl (C=O) groups excluding carboxylic acids is 1. The SMILES string of the molecule is C=C(N=C(OC)c1cc(C)n(Cc2ccc(N(C)CCCN3CCCC3=O)nc2)n1)c1ccc(OC(F)(F)F)cc1. The normalized spacial score (nSPS) is 14.0. The van der Waals surface area contributed by atoms with Gasteiger partial charge in [-0.25, -0.2) is 9.98 Å². The van der Waals surface area contributed by atoms with Gasteiger partial charge in [-0.15, -0.1) is 13.2 Å². The molecule has 4 rings (SSSR count). The first-order valence-electron chi connectivity index (χ1n) is 13.2. The minimum absolute atomic E-state index is 0.221. The first kappa shape index (κ1) is 29.6. The van der Waals surface area contributed by atoms with Crippen LogP contribution in [-0.4, -0.2) is 71.6 Å². The van der Waals surface area contributed by atoms with E-state index in [4.69, 9.17) is 4.74 Å². The van der Waals surface area contributed by atoms with Gasteiger partial charge in [0.2, 0.25) is 11.8 Å². The summed E-state index contributed by atoms with van der Waals surface area (Å²) in [6.07, 6.45) is -0.455. The Morgan fingerprint density at radius 1 is 1.20 bits per heavy atom. The van der Waals surface area contributed by atoms with E-state index in [0.717, 1.165) is 49.6 Å². The van der Waals surface area contributed by atoms with Gasteiger partial charge in [-0.3, -0.25) is 9.48 Å². The van der Waals surface area contributed by atoms with E-state index in [0.29, 0.717) is 29.9 Å². The maximum atomic E-state index is 12.4. The predicted molar refractivity (Wildman–Crippen MR) is 150 cm³/mol. The van der Waals surface area contributed by atoms with Gasteiger partial charge in [0.15, 0.2) is 0 Å². The summed E-state index contributed by atoms with van der Waals surface area (Å²) in [6, 6.07) is 11.1. The van der Waals surface area contributed by atoms with E-state index >= 15 is 0 Å². The number of alkyl halides is 3. The number of pyridine rings is 1. The number of ether oxygens (including phenoxy) is 2. The number of halogens is 3. The summed E-state index contributed by atoms with van der Waals surface area (Å²) in [5.41, 5.74) is 3.13. The van der Waals surface area contributed by atoms with Crippen molar-refractivity contribution < 1.29 is 27.4 Å². The lowest BCUT2D eigenvalue weighted by Gasteiger charge is -2.21. The Kier molecular flexibility index (Phi) is 9.31. The molecule has 41 heavy (non-hydrogen) atoms. The minimum Gasteiger partial charge on any atom is -0.479 e. The van der Waals surface area contributed by atoms with E-state index in [2.05, 4.69) is 31.3 Å². The molecule has 0 unspecified atom stereocenters. The molecule has 1 aliphatic rings. The largest absolute Gasteiger partial charge is 0.573 e. The molecule has 1 aliphatic heterocycles. The Hall–Kier alpha value is -4.35. The van der Waals surface area contributed by atoms with E-state index in [1.165, 1.54) is 31.4 Å². The highest BCUT2D eigenvalue weighted by molar-refractivity contribution is 5.95. The van der Waals surface area contributed by atoms with Gasteiger partial charge in [-0.1, -0.05) is 12.6 Å². The maximum Gasteiger partial charge on any atom is 0.573 e. The van der Waals surface area contributed by atoms with Crippen LogP contribution < -0.4 is 9.64 Å². The van der Waals surface area contributed by atoms with Gasteiger partial charge in [-0.2, -0.15) is 5.10 Å². The number of hydrogen-bond acceptors (Lipinski definition) is 7. The summed E-state index contributed by atoms with van der Waals surface area (Å²) in [5, 5.41) is 4.62. The molecule has 218 valence electrons. The molecule has 0 aliphatic carbocycles. The molecule has 1 aromatic carbocycles. The third-order valence-electron chi connectivity index (χ3n) is 6.68. The molecule has 9 nitrogen and oxygen atoms in total. The summed E-state index contributed by atoms with van der Waals surface area (Å²) < 4.78 is 48.4. The predicted octanol–water partition coefficient (Wildman–Crippen LogP) is 5.05. The van der Waals surface area contributed by atoms with Crippen LogP contribution in [0.5, 0.6) is 5.75 Å². The third-order valence-corrected chi connectivity index (χ3v) is 6.68. The molecule has 2 aromatic heterocycles. The fourth-order valence-electron chi connectivity index (χ4n) is 4.48.